The largest absolute Gasteiger partial charge is 0.415 e. The molecule has 0 N–H and O–H groups in total. The van der Waals surface area contributed by atoms with Crippen molar-refractivity contribution in [2.45, 2.75) is 71.1 Å². The van der Waals surface area contributed by atoms with Crippen LogP contribution in [0.5, 0.6) is 0 Å². The summed E-state index contributed by atoms with van der Waals surface area (Å²) in [6.07, 6.45) is 1.24. The maximum Gasteiger partial charge on any atom is 0.189 e. The molecule has 0 aromatic rings. The third-order valence-corrected chi connectivity index (χ3v) is 10.7. The molecule has 0 aromatic carbocycles. The van der Waals surface area contributed by atoms with E-state index in [0.29, 0.717) is 0 Å². The Labute approximate surface area is 93.0 Å². The summed E-state index contributed by atoms with van der Waals surface area (Å²) >= 11 is 0. The van der Waals surface area contributed by atoms with Gasteiger partial charge in [0, 0.05) is 5.22 Å². The van der Waals surface area contributed by atoms with Gasteiger partial charge in [0.1, 0.15) is 0 Å². The lowest BCUT2D eigenvalue weighted by molar-refractivity contribution is 0.174. The molecule has 3 heteroatoms. The molecule has 0 spiro atoms. The van der Waals surface area contributed by atoms with E-state index in [-0.39, 0.29) is 5.22 Å². The molecule has 0 aromatic heterocycles. The standard InChI is InChI=1S/C11H28OSi2/c1-9-10(2)14(7,8)12-11(3,4)13(5)6/h10,13H,9H2,1-8H3. The van der Waals surface area contributed by atoms with E-state index in [9.17, 15) is 0 Å². The molecule has 0 amide bonds. The molecule has 0 bridgehead atoms. The van der Waals surface area contributed by atoms with Crippen molar-refractivity contribution in [3.8, 4) is 0 Å². The summed E-state index contributed by atoms with van der Waals surface area (Å²) in [4.78, 5) is 0. The third kappa shape index (κ3) is 3.87. The summed E-state index contributed by atoms with van der Waals surface area (Å²) in [5.41, 5.74) is 0.759. The van der Waals surface area contributed by atoms with E-state index in [4.69, 9.17) is 4.43 Å². The van der Waals surface area contributed by atoms with Crippen LogP contribution >= 0.6 is 0 Å². The van der Waals surface area contributed by atoms with E-state index < -0.39 is 17.1 Å². The van der Waals surface area contributed by atoms with E-state index in [1.165, 1.54) is 6.42 Å². The molecular formula is C11H28OSi2. The molecule has 0 radical (unpaired) electrons. The average molecular weight is 233 g/mol. The van der Waals surface area contributed by atoms with Crippen molar-refractivity contribution in [3.63, 3.8) is 0 Å². The van der Waals surface area contributed by atoms with Crippen molar-refractivity contribution in [2.75, 3.05) is 0 Å². The normalized spacial score (nSPS) is 16.1. The molecule has 1 atom stereocenters. The molecule has 0 saturated heterocycles. The second-order valence-corrected chi connectivity index (χ2v) is 13.9. The Morgan fingerprint density at radius 3 is 2.00 bits per heavy atom. The minimum Gasteiger partial charge on any atom is -0.415 e. The smallest absolute Gasteiger partial charge is 0.189 e. The van der Waals surface area contributed by atoms with Gasteiger partial charge in [0.2, 0.25) is 0 Å². The van der Waals surface area contributed by atoms with Crippen molar-refractivity contribution in [3.05, 3.63) is 0 Å². The summed E-state index contributed by atoms with van der Waals surface area (Å²) < 4.78 is 6.44. The molecule has 1 unspecified atom stereocenters. The Morgan fingerprint density at radius 1 is 1.29 bits per heavy atom. The van der Waals surface area contributed by atoms with Crippen molar-refractivity contribution >= 4 is 17.1 Å². The van der Waals surface area contributed by atoms with Crippen LogP contribution in [0.1, 0.15) is 34.1 Å². The highest BCUT2D eigenvalue weighted by Crippen LogP contribution is 2.30. The van der Waals surface area contributed by atoms with Crippen LogP contribution in [-0.2, 0) is 4.43 Å². The summed E-state index contributed by atoms with van der Waals surface area (Å²) in [6.45, 7) is 18.6. The monoisotopic (exact) mass is 232 g/mol. The van der Waals surface area contributed by atoms with E-state index in [1.54, 1.807) is 0 Å². The lowest BCUT2D eigenvalue weighted by Crippen LogP contribution is -2.49. The number of rotatable bonds is 5. The molecule has 14 heavy (non-hydrogen) atoms. The van der Waals surface area contributed by atoms with E-state index in [2.05, 4.69) is 53.9 Å². The van der Waals surface area contributed by atoms with Gasteiger partial charge in [-0.05, 0) is 32.5 Å². The van der Waals surface area contributed by atoms with E-state index >= 15 is 0 Å². The second kappa shape index (κ2) is 4.95. The molecule has 0 aliphatic carbocycles. The highest BCUT2D eigenvalue weighted by Gasteiger charge is 2.36. The fraction of sp³-hybridized carbons (Fsp3) is 1.00. The Morgan fingerprint density at radius 2 is 1.71 bits per heavy atom. The molecule has 0 fully saturated rings. The zero-order valence-electron chi connectivity index (χ0n) is 11.3. The van der Waals surface area contributed by atoms with Crippen molar-refractivity contribution in [2.24, 2.45) is 0 Å². The van der Waals surface area contributed by atoms with Gasteiger partial charge >= 0.3 is 0 Å². The first kappa shape index (κ1) is 14.4. The Balaban J connectivity index is 4.49. The van der Waals surface area contributed by atoms with Gasteiger partial charge in [-0.2, -0.15) is 0 Å². The second-order valence-electron chi connectivity index (χ2n) is 5.77. The van der Waals surface area contributed by atoms with Gasteiger partial charge in [-0.25, -0.2) is 0 Å². The van der Waals surface area contributed by atoms with Gasteiger partial charge in [0.25, 0.3) is 0 Å². The molecule has 0 aliphatic rings. The summed E-state index contributed by atoms with van der Waals surface area (Å²) in [5, 5.41) is 0.166. The molecule has 0 heterocycles. The first-order valence-corrected chi connectivity index (χ1v) is 11.7. The van der Waals surface area contributed by atoms with Crippen LogP contribution in [0.15, 0.2) is 0 Å². The zero-order valence-corrected chi connectivity index (χ0v) is 13.4. The highest BCUT2D eigenvalue weighted by atomic mass is 28.4. The minimum atomic E-state index is -1.47. The predicted octanol–water partition coefficient (Wildman–Crippen LogP) is 3.81. The third-order valence-electron chi connectivity index (χ3n) is 3.72. The summed E-state index contributed by atoms with van der Waals surface area (Å²) in [5.74, 6) is 0. The fourth-order valence-corrected chi connectivity index (χ4v) is 5.78. The molecular weight excluding hydrogens is 204 g/mol. The van der Waals surface area contributed by atoms with Crippen LogP contribution in [0, 0.1) is 0 Å². The first-order valence-electron chi connectivity index (χ1n) is 5.83. The van der Waals surface area contributed by atoms with Gasteiger partial charge in [0.05, 0.1) is 8.80 Å². The van der Waals surface area contributed by atoms with Gasteiger partial charge in [0.15, 0.2) is 8.32 Å². The molecule has 0 rings (SSSR count). The lowest BCUT2D eigenvalue weighted by Gasteiger charge is -2.40. The number of hydrogen-bond donors (Lipinski definition) is 0. The van der Waals surface area contributed by atoms with Crippen LogP contribution in [0.2, 0.25) is 31.7 Å². The molecule has 0 saturated carbocycles. The highest BCUT2D eigenvalue weighted by molar-refractivity contribution is 6.74. The van der Waals surface area contributed by atoms with Gasteiger partial charge in [-0.3, -0.25) is 0 Å². The zero-order chi connectivity index (χ0) is 11.6. The van der Waals surface area contributed by atoms with Crippen LogP contribution in [0.3, 0.4) is 0 Å². The molecule has 1 nitrogen and oxygen atoms in total. The fourth-order valence-electron chi connectivity index (χ4n) is 1.39. The van der Waals surface area contributed by atoms with Crippen molar-refractivity contribution in [1.29, 1.82) is 0 Å². The Kier molecular flexibility index (Phi) is 5.09. The van der Waals surface area contributed by atoms with Crippen LogP contribution in [-0.4, -0.2) is 22.3 Å². The number of hydrogen-bond acceptors (Lipinski definition) is 1. The quantitative estimate of drug-likeness (QED) is 0.655. The van der Waals surface area contributed by atoms with Gasteiger partial charge < -0.3 is 4.43 Å². The van der Waals surface area contributed by atoms with E-state index in [1.807, 2.05) is 0 Å². The molecule has 86 valence electrons. The Hall–Kier alpha value is 0.394. The van der Waals surface area contributed by atoms with Gasteiger partial charge in [-0.15, -0.1) is 0 Å². The average Bonchev–Trinajstić information content (AvgIpc) is 2.00. The summed E-state index contributed by atoms with van der Waals surface area (Å²) in [7, 11) is -2.19. The van der Waals surface area contributed by atoms with Crippen LogP contribution < -0.4 is 0 Å². The van der Waals surface area contributed by atoms with Gasteiger partial charge in [-0.1, -0.05) is 33.4 Å². The van der Waals surface area contributed by atoms with Crippen molar-refractivity contribution < 1.29 is 4.43 Å². The lowest BCUT2D eigenvalue weighted by atomic mass is 10.4. The van der Waals surface area contributed by atoms with E-state index in [0.717, 1.165) is 5.54 Å². The predicted molar refractivity (Wildman–Crippen MR) is 71.2 cm³/mol. The minimum absolute atomic E-state index is 0.166. The molecule has 0 aliphatic heterocycles. The maximum atomic E-state index is 6.44. The summed E-state index contributed by atoms with van der Waals surface area (Å²) in [6, 6.07) is 0. The van der Waals surface area contributed by atoms with Crippen LogP contribution in [0.4, 0.5) is 0 Å². The van der Waals surface area contributed by atoms with Crippen LogP contribution in [0.25, 0.3) is 0 Å². The topological polar surface area (TPSA) is 9.23 Å². The SMILES string of the molecule is CCC(C)[Si](C)(C)OC(C)(C)[SiH](C)C. The first-order chi connectivity index (χ1) is 6.13. The maximum absolute atomic E-state index is 6.44. The Bertz CT molecular complexity index is 176. The van der Waals surface area contributed by atoms with Crippen molar-refractivity contribution in [1.82, 2.24) is 0 Å².